The number of carbonyl (C=O) groups is 2. The summed E-state index contributed by atoms with van der Waals surface area (Å²) in [4.78, 5) is 34.2. The van der Waals surface area contributed by atoms with Gasteiger partial charge in [0.25, 0.3) is 11.8 Å². The third-order valence-electron chi connectivity index (χ3n) is 5.31. The predicted octanol–water partition coefficient (Wildman–Crippen LogP) is 2.84. The number of pyridine rings is 1. The van der Waals surface area contributed by atoms with Crippen molar-refractivity contribution in [2.45, 2.75) is 29.6 Å². The average molecular weight is 412 g/mol. The van der Waals surface area contributed by atoms with Crippen LogP contribution >= 0.6 is 11.8 Å². The molecule has 2 aliphatic heterocycles. The van der Waals surface area contributed by atoms with E-state index in [2.05, 4.69) is 11.1 Å². The van der Waals surface area contributed by atoms with Crippen molar-refractivity contribution in [2.75, 3.05) is 32.8 Å². The van der Waals surface area contributed by atoms with E-state index in [1.54, 1.807) is 18.0 Å². The van der Waals surface area contributed by atoms with E-state index in [0.717, 1.165) is 23.5 Å². The van der Waals surface area contributed by atoms with Gasteiger partial charge in [-0.1, -0.05) is 6.07 Å². The van der Waals surface area contributed by atoms with Gasteiger partial charge in [-0.15, -0.1) is 11.8 Å². The molecule has 1 unspecified atom stereocenters. The fourth-order valence-electron chi connectivity index (χ4n) is 3.63. The Morgan fingerprint density at radius 2 is 1.83 bits per heavy atom. The van der Waals surface area contributed by atoms with Crippen LogP contribution in [0.3, 0.4) is 0 Å². The third kappa shape index (κ3) is 4.97. The minimum atomic E-state index is -0.283. The van der Waals surface area contributed by atoms with Gasteiger partial charge in [0.1, 0.15) is 6.10 Å². The highest BCUT2D eigenvalue weighted by molar-refractivity contribution is 7.98. The average Bonchev–Trinajstić information content (AvgIpc) is 3.33. The number of aromatic nitrogens is 1. The van der Waals surface area contributed by atoms with E-state index >= 15 is 0 Å². The summed E-state index contributed by atoms with van der Waals surface area (Å²) in [7, 11) is 0. The van der Waals surface area contributed by atoms with Gasteiger partial charge in [-0.25, -0.2) is 0 Å². The van der Waals surface area contributed by atoms with Gasteiger partial charge in [0.05, 0.1) is 0 Å². The highest BCUT2D eigenvalue weighted by Gasteiger charge is 2.31. The van der Waals surface area contributed by atoms with Gasteiger partial charge in [0.2, 0.25) is 0 Å². The van der Waals surface area contributed by atoms with Gasteiger partial charge in [0.15, 0.2) is 0 Å². The summed E-state index contributed by atoms with van der Waals surface area (Å²) in [6.07, 6.45) is 5.11. The first-order valence-corrected chi connectivity index (χ1v) is 11.0. The number of ether oxygens (including phenoxy) is 1. The van der Waals surface area contributed by atoms with Crippen LogP contribution in [0.5, 0.6) is 0 Å². The standard InChI is InChI=1S/C22H25N3O3S/c26-21(24-10-12-25(13-11-24)22(27)20-4-2-14-28-20)18-5-7-19(8-6-18)29-16-17-3-1-9-23-15-17/h1,3,5-9,15,20H,2,4,10-14,16H2. The number of thioether (sulfide) groups is 1. The molecule has 6 nitrogen and oxygen atoms in total. The Kier molecular flexibility index (Phi) is 6.46. The SMILES string of the molecule is O=C(c1ccc(SCc2cccnc2)cc1)N1CCN(C(=O)C2CCCO2)CC1. The predicted molar refractivity (Wildman–Crippen MR) is 112 cm³/mol. The largest absolute Gasteiger partial charge is 0.368 e. The Labute approximate surface area is 175 Å². The molecule has 2 amide bonds. The van der Waals surface area contributed by atoms with Gasteiger partial charge in [-0.05, 0) is 48.7 Å². The van der Waals surface area contributed by atoms with Gasteiger partial charge in [-0.2, -0.15) is 0 Å². The highest BCUT2D eigenvalue weighted by atomic mass is 32.2. The van der Waals surface area contributed by atoms with Crippen molar-refractivity contribution < 1.29 is 14.3 Å². The number of nitrogens with zero attached hydrogens (tertiary/aromatic N) is 3. The number of hydrogen-bond donors (Lipinski definition) is 0. The van der Waals surface area contributed by atoms with E-state index in [9.17, 15) is 9.59 Å². The molecule has 3 heterocycles. The summed E-state index contributed by atoms with van der Waals surface area (Å²) >= 11 is 1.72. The minimum Gasteiger partial charge on any atom is -0.368 e. The molecule has 152 valence electrons. The molecule has 29 heavy (non-hydrogen) atoms. The molecular weight excluding hydrogens is 386 g/mol. The van der Waals surface area contributed by atoms with Gasteiger partial charge in [0, 0.05) is 61.4 Å². The van der Waals surface area contributed by atoms with Crippen LogP contribution < -0.4 is 0 Å². The summed E-state index contributed by atoms with van der Waals surface area (Å²) < 4.78 is 5.49. The zero-order valence-corrected chi connectivity index (χ0v) is 17.1. The highest BCUT2D eigenvalue weighted by Crippen LogP contribution is 2.23. The second kappa shape index (κ2) is 9.41. The van der Waals surface area contributed by atoms with Crippen molar-refractivity contribution in [1.29, 1.82) is 0 Å². The van der Waals surface area contributed by atoms with Gasteiger partial charge < -0.3 is 14.5 Å². The Morgan fingerprint density at radius 1 is 1.07 bits per heavy atom. The first-order chi connectivity index (χ1) is 14.2. The number of benzene rings is 1. The first kappa shape index (κ1) is 19.9. The van der Waals surface area contributed by atoms with Crippen LogP contribution in [0.25, 0.3) is 0 Å². The van der Waals surface area contributed by atoms with Crippen LogP contribution in [0.4, 0.5) is 0 Å². The zero-order chi connectivity index (χ0) is 20.1. The van der Waals surface area contributed by atoms with Crippen LogP contribution in [0.1, 0.15) is 28.8 Å². The molecule has 1 aromatic carbocycles. The number of piperazine rings is 1. The molecule has 2 fully saturated rings. The zero-order valence-electron chi connectivity index (χ0n) is 16.3. The van der Waals surface area contributed by atoms with Crippen molar-refractivity contribution >= 4 is 23.6 Å². The fraction of sp³-hybridized carbons (Fsp3) is 0.409. The molecule has 2 aromatic rings. The molecule has 2 saturated heterocycles. The van der Waals surface area contributed by atoms with Crippen LogP contribution in [0.2, 0.25) is 0 Å². The quantitative estimate of drug-likeness (QED) is 0.708. The minimum absolute atomic E-state index is 0.0259. The first-order valence-electron chi connectivity index (χ1n) is 10.0. The van der Waals surface area contributed by atoms with Crippen LogP contribution in [-0.4, -0.2) is 65.5 Å². The van der Waals surface area contributed by atoms with E-state index in [0.29, 0.717) is 38.3 Å². The number of hydrogen-bond acceptors (Lipinski definition) is 5. The molecule has 0 N–H and O–H groups in total. The lowest BCUT2D eigenvalue weighted by Crippen LogP contribution is -2.52. The maximum Gasteiger partial charge on any atom is 0.253 e. The maximum atomic E-state index is 12.8. The lowest BCUT2D eigenvalue weighted by atomic mass is 10.1. The van der Waals surface area contributed by atoms with Crippen molar-refractivity contribution in [2.24, 2.45) is 0 Å². The summed E-state index contributed by atoms with van der Waals surface area (Å²) in [5, 5.41) is 0. The molecule has 7 heteroatoms. The smallest absolute Gasteiger partial charge is 0.253 e. The van der Waals surface area contributed by atoms with Crippen molar-refractivity contribution in [3.8, 4) is 0 Å². The topological polar surface area (TPSA) is 62.7 Å². The molecule has 4 rings (SSSR count). The molecule has 0 saturated carbocycles. The van der Waals surface area contributed by atoms with Crippen LogP contribution in [0.15, 0.2) is 53.7 Å². The monoisotopic (exact) mass is 411 g/mol. The number of amides is 2. The normalized spacial score (nSPS) is 19.4. The lowest BCUT2D eigenvalue weighted by molar-refractivity contribution is -0.142. The molecule has 0 bridgehead atoms. The Morgan fingerprint density at radius 3 is 2.48 bits per heavy atom. The molecule has 0 spiro atoms. The Bertz CT molecular complexity index is 830. The summed E-state index contributed by atoms with van der Waals surface area (Å²) in [5.74, 6) is 0.949. The van der Waals surface area contributed by atoms with E-state index in [1.807, 2.05) is 46.3 Å². The lowest BCUT2D eigenvalue weighted by Gasteiger charge is -2.35. The van der Waals surface area contributed by atoms with Crippen molar-refractivity contribution in [3.05, 3.63) is 59.9 Å². The summed E-state index contributed by atoms with van der Waals surface area (Å²) in [5.41, 5.74) is 1.86. The van der Waals surface area contributed by atoms with Crippen LogP contribution in [0, 0.1) is 0 Å². The Hall–Kier alpha value is -2.38. The molecular formula is C22H25N3O3S. The molecule has 0 aliphatic carbocycles. The van der Waals surface area contributed by atoms with Crippen molar-refractivity contribution in [1.82, 2.24) is 14.8 Å². The summed E-state index contributed by atoms with van der Waals surface area (Å²) in [6.45, 7) is 2.95. The fourth-order valence-corrected chi connectivity index (χ4v) is 4.47. The molecule has 0 radical (unpaired) electrons. The molecule has 1 atom stereocenters. The molecule has 2 aliphatic rings. The van der Waals surface area contributed by atoms with E-state index < -0.39 is 0 Å². The van der Waals surface area contributed by atoms with E-state index in [-0.39, 0.29) is 17.9 Å². The second-order valence-electron chi connectivity index (χ2n) is 7.29. The van der Waals surface area contributed by atoms with Gasteiger partial charge >= 0.3 is 0 Å². The second-order valence-corrected chi connectivity index (χ2v) is 8.34. The third-order valence-corrected chi connectivity index (χ3v) is 6.40. The van der Waals surface area contributed by atoms with E-state index in [4.69, 9.17) is 4.74 Å². The Balaban J connectivity index is 1.28. The maximum absolute atomic E-state index is 12.8. The molecule has 1 aromatic heterocycles. The van der Waals surface area contributed by atoms with Crippen molar-refractivity contribution in [3.63, 3.8) is 0 Å². The van der Waals surface area contributed by atoms with E-state index in [1.165, 1.54) is 5.56 Å². The van der Waals surface area contributed by atoms with Gasteiger partial charge in [-0.3, -0.25) is 14.6 Å². The number of carbonyl (C=O) groups excluding carboxylic acids is 2. The number of rotatable bonds is 5. The summed E-state index contributed by atoms with van der Waals surface area (Å²) in [6, 6.07) is 11.7. The van der Waals surface area contributed by atoms with Crippen LogP contribution in [-0.2, 0) is 15.3 Å².